The van der Waals surface area contributed by atoms with Gasteiger partial charge in [-0.25, -0.2) is 0 Å². The molecule has 1 saturated heterocycles. The van der Waals surface area contributed by atoms with Crippen LogP contribution in [0.15, 0.2) is 85.1 Å². The Morgan fingerprint density at radius 3 is 2.05 bits per heavy atom. The fraction of sp³-hybridized carbons (Fsp3) is 0.353. The summed E-state index contributed by atoms with van der Waals surface area (Å²) in [6, 6.07) is 27.5. The van der Waals surface area contributed by atoms with E-state index < -0.39 is 5.97 Å². The van der Waals surface area contributed by atoms with Gasteiger partial charge in [-0.1, -0.05) is 73.5 Å². The smallest absolute Gasteiger partial charge is 0.317 e. The van der Waals surface area contributed by atoms with E-state index >= 15 is 0 Å². The highest BCUT2D eigenvalue weighted by Crippen LogP contribution is 2.35. The molecule has 0 bridgehead atoms. The molecule has 1 saturated carbocycles. The molecule has 2 heterocycles. The maximum absolute atomic E-state index is 13.0. The molecule has 212 valence electrons. The fourth-order valence-electron chi connectivity index (χ4n) is 6.50. The molecule has 4 aromatic rings. The highest BCUT2D eigenvalue weighted by molar-refractivity contribution is 5.96. The lowest BCUT2D eigenvalue weighted by molar-refractivity contribution is -0.138. The predicted molar refractivity (Wildman–Crippen MR) is 162 cm³/mol. The van der Waals surface area contributed by atoms with Crippen LogP contribution >= 0.6 is 0 Å². The van der Waals surface area contributed by atoms with Gasteiger partial charge < -0.3 is 15.0 Å². The summed E-state index contributed by atoms with van der Waals surface area (Å²) in [5.41, 5.74) is 5.60. The monoisotopic (exact) mass is 550 g/mol. The van der Waals surface area contributed by atoms with E-state index in [-0.39, 0.29) is 24.4 Å². The molecular formula is C34H38N4O3. The number of nitrogens with zero attached hydrogens (tertiary/aromatic N) is 3. The standard InChI is InChI=1S/C34H38N4O3/c39-32(40)24-37-19-17-36(18-20-37)22-28-23-38(33(25-9-3-1-4-10-25)26-11-5-2-6-12-26)31-16-15-29(21-30(28)31)35-34(41)27-13-7-8-14-27/h1-6,9-12,15-16,21,23,27,33H,7-8,13-14,17-20,22,24H2,(H,35,41)(H,39,40). The molecule has 3 aromatic carbocycles. The molecule has 2 fully saturated rings. The number of benzene rings is 3. The quantitative estimate of drug-likeness (QED) is 0.283. The van der Waals surface area contributed by atoms with E-state index in [0.29, 0.717) is 0 Å². The van der Waals surface area contributed by atoms with Crippen LogP contribution in [-0.2, 0) is 16.1 Å². The van der Waals surface area contributed by atoms with Crippen LogP contribution in [0.3, 0.4) is 0 Å². The molecule has 1 amide bonds. The Bertz CT molecular complexity index is 1450. The van der Waals surface area contributed by atoms with Crippen molar-refractivity contribution in [2.45, 2.75) is 38.3 Å². The van der Waals surface area contributed by atoms with E-state index in [9.17, 15) is 14.7 Å². The van der Waals surface area contributed by atoms with E-state index in [1.807, 2.05) is 23.1 Å². The van der Waals surface area contributed by atoms with Gasteiger partial charge in [0.05, 0.1) is 12.6 Å². The van der Waals surface area contributed by atoms with Gasteiger partial charge in [-0.15, -0.1) is 0 Å². The maximum Gasteiger partial charge on any atom is 0.317 e. The molecule has 41 heavy (non-hydrogen) atoms. The van der Waals surface area contributed by atoms with Crippen molar-refractivity contribution in [1.29, 1.82) is 0 Å². The van der Waals surface area contributed by atoms with Crippen LogP contribution in [0.1, 0.15) is 48.4 Å². The molecule has 1 aromatic heterocycles. The number of rotatable bonds is 9. The molecule has 6 rings (SSSR count). The van der Waals surface area contributed by atoms with Crippen LogP contribution in [0.25, 0.3) is 10.9 Å². The lowest BCUT2D eigenvalue weighted by Gasteiger charge is -2.33. The molecular weight excluding hydrogens is 512 g/mol. The number of hydrogen-bond donors (Lipinski definition) is 2. The molecule has 0 spiro atoms. The third-order valence-corrected chi connectivity index (χ3v) is 8.64. The van der Waals surface area contributed by atoms with Gasteiger partial charge in [0.2, 0.25) is 5.91 Å². The Balaban J connectivity index is 1.37. The van der Waals surface area contributed by atoms with Crippen molar-refractivity contribution in [2.24, 2.45) is 5.92 Å². The first-order valence-corrected chi connectivity index (χ1v) is 14.8. The van der Waals surface area contributed by atoms with Gasteiger partial charge in [-0.05, 0) is 47.7 Å². The van der Waals surface area contributed by atoms with Crippen molar-refractivity contribution in [2.75, 3.05) is 38.0 Å². The number of aliphatic carboxylic acids is 1. The van der Waals surface area contributed by atoms with Gasteiger partial charge in [-0.3, -0.25) is 19.4 Å². The van der Waals surface area contributed by atoms with Crippen LogP contribution in [0.2, 0.25) is 0 Å². The number of aromatic nitrogens is 1. The van der Waals surface area contributed by atoms with Crippen molar-refractivity contribution in [3.63, 3.8) is 0 Å². The van der Waals surface area contributed by atoms with Crippen LogP contribution < -0.4 is 5.32 Å². The van der Waals surface area contributed by atoms with Crippen molar-refractivity contribution in [3.8, 4) is 0 Å². The van der Waals surface area contributed by atoms with E-state index in [1.54, 1.807) is 0 Å². The molecule has 2 aliphatic rings. The number of hydrogen-bond acceptors (Lipinski definition) is 4. The fourth-order valence-corrected chi connectivity index (χ4v) is 6.50. The number of fused-ring (bicyclic) bond motifs is 1. The third-order valence-electron chi connectivity index (χ3n) is 8.64. The van der Waals surface area contributed by atoms with E-state index in [4.69, 9.17) is 0 Å². The van der Waals surface area contributed by atoms with Crippen molar-refractivity contribution in [1.82, 2.24) is 14.4 Å². The molecule has 0 radical (unpaired) electrons. The third kappa shape index (κ3) is 6.21. The van der Waals surface area contributed by atoms with E-state index in [0.717, 1.165) is 75.0 Å². The first-order valence-electron chi connectivity index (χ1n) is 14.8. The minimum Gasteiger partial charge on any atom is -0.480 e. The molecule has 2 N–H and O–H groups in total. The lowest BCUT2D eigenvalue weighted by atomic mass is 9.98. The average Bonchev–Trinajstić information content (AvgIpc) is 3.65. The zero-order valence-electron chi connectivity index (χ0n) is 23.4. The Morgan fingerprint density at radius 2 is 1.44 bits per heavy atom. The normalized spacial score (nSPS) is 16.9. The molecule has 0 atom stereocenters. The molecule has 0 unspecified atom stereocenters. The van der Waals surface area contributed by atoms with Crippen LogP contribution in [0.5, 0.6) is 0 Å². The molecule has 7 nitrogen and oxygen atoms in total. The van der Waals surface area contributed by atoms with Gasteiger partial charge in [0, 0.05) is 61.4 Å². The maximum atomic E-state index is 13.0. The number of piperazine rings is 1. The second kappa shape index (κ2) is 12.3. The summed E-state index contributed by atoms with van der Waals surface area (Å²) in [5.74, 6) is -0.539. The number of carbonyl (C=O) groups excluding carboxylic acids is 1. The second-order valence-corrected chi connectivity index (χ2v) is 11.4. The predicted octanol–water partition coefficient (Wildman–Crippen LogP) is 5.61. The average molecular weight is 551 g/mol. The van der Waals surface area contributed by atoms with Crippen LogP contribution in [0.4, 0.5) is 5.69 Å². The summed E-state index contributed by atoms with van der Waals surface area (Å²) < 4.78 is 2.37. The summed E-state index contributed by atoms with van der Waals surface area (Å²) in [6.45, 7) is 3.97. The second-order valence-electron chi connectivity index (χ2n) is 11.4. The van der Waals surface area contributed by atoms with Crippen molar-refractivity contribution >= 4 is 28.5 Å². The molecule has 1 aliphatic carbocycles. The number of anilines is 1. The summed E-state index contributed by atoms with van der Waals surface area (Å²) in [6.07, 6.45) is 6.48. The Kier molecular flexibility index (Phi) is 8.16. The lowest BCUT2D eigenvalue weighted by Crippen LogP contribution is -2.47. The van der Waals surface area contributed by atoms with Gasteiger partial charge in [0.15, 0.2) is 0 Å². The van der Waals surface area contributed by atoms with E-state index in [2.05, 4.69) is 81.6 Å². The number of carboxylic acid groups (broad SMARTS) is 1. The summed E-state index contributed by atoms with van der Waals surface area (Å²) >= 11 is 0. The highest BCUT2D eigenvalue weighted by atomic mass is 16.4. The summed E-state index contributed by atoms with van der Waals surface area (Å²) in [7, 11) is 0. The molecule has 1 aliphatic heterocycles. The number of nitrogens with one attached hydrogen (secondary N) is 1. The zero-order chi connectivity index (χ0) is 28.2. The minimum absolute atomic E-state index is 0.00000563. The van der Waals surface area contributed by atoms with Gasteiger partial charge in [0.1, 0.15) is 0 Å². The van der Waals surface area contributed by atoms with Crippen LogP contribution in [-0.4, -0.2) is 64.1 Å². The number of carbonyl (C=O) groups is 2. The number of carboxylic acids is 1. The molecule has 7 heteroatoms. The Labute approximate surface area is 241 Å². The minimum atomic E-state index is -0.776. The van der Waals surface area contributed by atoms with Gasteiger partial charge in [0.25, 0.3) is 0 Å². The first-order chi connectivity index (χ1) is 20.0. The highest BCUT2D eigenvalue weighted by Gasteiger charge is 2.25. The largest absolute Gasteiger partial charge is 0.480 e. The van der Waals surface area contributed by atoms with E-state index in [1.165, 1.54) is 16.7 Å². The summed E-state index contributed by atoms with van der Waals surface area (Å²) in [5, 5.41) is 13.5. The van der Waals surface area contributed by atoms with Crippen LogP contribution in [0, 0.1) is 5.92 Å². The summed E-state index contributed by atoms with van der Waals surface area (Å²) in [4.78, 5) is 28.6. The Hall–Kier alpha value is -3.94. The first kappa shape index (κ1) is 27.2. The van der Waals surface area contributed by atoms with Crippen molar-refractivity contribution < 1.29 is 14.7 Å². The Morgan fingerprint density at radius 1 is 0.829 bits per heavy atom. The number of amides is 1. The van der Waals surface area contributed by atoms with Gasteiger partial charge in [-0.2, -0.15) is 0 Å². The zero-order valence-corrected chi connectivity index (χ0v) is 23.4. The van der Waals surface area contributed by atoms with Crippen molar-refractivity contribution in [3.05, 3.63) is 102 Å². The topological polar surface area (TPSA) is 77.8 Å². The SMILES string of the molecule is O=C(O)CN1CCN(Cc2cn(C(c3ccccc3)c3ccccc3)c3ccc(NC(=O)C4CCCC4)cc23)CC1. The van der Waals surface area contributed by atoms with Gasteiger partial charge >= 0.3 is 5.97 Å².